The number of halogens is 1. The zero-order valence-corrected chi connectivity index (χ0v) is 15.7. The number of hydrogen-bond acceptors (Lipinski definition) is 3. The molecule has 5 heteroatoms. The van der Waals surface area contributed by atoms with Crippen LogP contribution in [0, 0.1) is 34.9 Å². The maximum absolute atomic E-state index is 14.7. The molecular formula is C23H22FN3O. The van der Waals surface area contributed by atoms with Gasteiger partial charge in [-0.15, -0.1) is 0 Å². The maximum Gasteiger partial charge on any atom is 0.130 e. The van der Waals surface area contributed by atoms with Crippen LogP contribution in [0.25, 0.3) is 0 Å². The number of aliphatic hydroxyl groups is 1. The van der Waals surface area contributed by atoms with E-state index in [0.717, 1.165) is 5.57 Å². The molecule has 3 aliphatic rings. The molecule has 0 spiro atoms. The zero-order valence-electron chi connectivity index (χ0n) is 15.7. The van der Waals surface area contributed by atoms with Crippen molar-refractivity contribution in [1.29, 1.82) is 5.26 Å². The summed E-state index contributed by atoms with van der Waals surface area (Å²) in [7, 11) is 0. The van der Waals surface area contributed by atoms with Crippen LogP contribution in [0.1, 0.15) is 49.0 Å². The Kier molecular flexibility index (Phi) is 3.82. The summed E-state index contributed by atoms with van der Waals surface area (Å²) in [5.74, 6) is 0.965. The van der Waals surface area contributed by atoms with E-state index in [0.29, 0.717) is 35.1 Å². The van der Waals surface area contributed by atoms with Crippen LogP contribution in [0.15, 0.2) is 54.5 Å². The lowest BCUT2D eigenvalue weighted by Crippen LogP contribution is -2.33. The molecule has 28 heavy (non-hydrogen) atoms. The van der Waals surface area contributed by atoms with Crippen LogP contribution < -0.4 is 0 Å². The summed E-state index contributed by atoms with van der Waals surface area (Å²) in [6, 6.07) is 6.16. The molecule has 3 unspecified atom stereocenters. The van der Waals surface area contributed by atoms with Crippen LogP contribution >= 0.6 is 0 Å². The van der Waals surface area contributed by atoms with Crippen LogP contribution in [0.5, 0.6) is 0 Å². The molecule has 2 heterocycles. The van der Waals surface area contributed by atoms with Gasteiger partial charge in [0.2, 0.25) is 0 Å². The van der Waals surface area contributed by atoms with Gasteiger partial charge in [-0.2, -0.15) is 5.26 Å². The van der Waals surface area contributed by atoms with Crippen LogP contribution in [0.4, 0.5) is 4.39 Å². The Bertz CT molecular complexity index is 1040. The Morgan fingerprint density at radius 3 is 2.89 bits per heavy atom. The Labute approximate surface area is 163 Å². The van der Waals surface area contributed by atoms with E-state index in [-0.39, 0.29) is 12.0 Å². The highest BCUT2D eigenvalue weighted by atomic mass is 19.1. The number of hydrogen-bond donors (Lipinski definition) is 1. The SMILES string of the molecule is CC1C(C2(O)C[C@H](c3ccc(C#N)cc3F)n3cncc32)=CC=CC1C1CC1. The molecule has 5 rings (SSSR count). The highest BCUT2D eigenvalue weighted by molar-refractivity contribution is 5.42. The van der Waals surface area contributed by atoms with E-state index in [9.17, 15) is 9.50 Å². The van der Waals surface area contributed by atoms with Crippen LogP contribution in [0.2, 0.25) is 0 Å². The third-order valence-corrected chi connectivity index (χ3v) is 6.72. The van der Waals surface area contributed by atoms with Crippen molar-refractivity contribution in [2.24, 2.45) is 17.8 Å². The quantitative estimate of drug-likeness (QED) is 0.873. The molecule has 4 atom stereocenters. The Hall–Kier alpha value is -2.71. The first kappa shape index (κ1) is 17.4. The third kappa shape index (κ3) is 2.48. The van der Waals surface area contributed by atoms with Gasteiger partial charge < -0.3 is 9.67 Å². The first-order valence-corrected chi connectivity index (χ1v) is 9.86. The number of nitrogens with zero attached hydrogens (tertiary/aromatic N) is 3. The average Bonchev–Trinajstić information content (AvgIpc) is 3.33. The monoisotopic (exact) mass is 375 g/mol. The fourth-order valence-corrected chi connectivity index (χ4v) is 5.12. The van der Waals surface area contributed by atoms with Crippen molar-refractivity contribution in [2.75, 3.05) is 0 Å². The molecule has 1 aromatic carbocycles. The van der Waals surface area contributed by atoms with Gasteiger partial charge in [0.25, 0.3) is 0 Å². The van der Waals surface area contributed by atoms with E-state index in [1.54, 1.807) is 24.7 Å². The number of aromatic nitrogens is 2. The Morgan fingerprint density at radius 2 is 2.18 bits per heavy atom. The minimum absolute atomic E-state index is 0.232. The predicted octanol–water partition coefficient (Wildman–Crippen LogP) is 4.23. The van der Waals surface area contributed by atoms with Gasteiger partial charge in [-0.1, -0.05) is 31.2 Å². The Balaban J connectivity index is 1.55. The summed E-state index contributed by atoms with van der Waals surface area (Å²) in [4.78, 5) is 4.25. The molecule has 2 aromatic rings. The van der Waals surface area contributed by atoms with Gasteiger partial charge in [-0.25, -0.2) is 9.37 Å². The van der Waals surface area contributed by atoms with Crippen molar-refractivity contribution in [3.63, 3.8) is 0 Å². The van der Waals surface area contributed by atoms with E-state index < -0.39 is 11.4 Å². The summed E-state index contributed by atoms with van der Waals surface area (Å²) < 4.78 is 16.6. The number of rotatable bonds is 3. The first-order valence-electron chi connectivity index (χ1n) is 9.86. The number of nitriles is 1. The predicted molar refractivity (Wildman–Crippen MR) is 103 cm³/mol. The lowest BCUT2D eigenvalue weighted by atomic mass is 9.72. The normalized spacial score (nSPS) is 31.4. The highest BCUT2D eigenvalue weighted by Crippen LogP contribution is 2.53. The molecule has 1 saturated carbocycles. The standard InChI is InChI=1S/C23H22FN3O/c1-14-17(16-6-7-16)3-2-4-19(14)23(28)10-21(27-13-26-12-22(23)27)18-8-5-15(11-25)9-20(18)24/h2-5,8-9,12-14,16-17,21,28H,6-7,10H2,1H3/t14?,17?,21-,23?/m1/s1. The van der Waals surface area contributed by atoms with Gasteiger partial charge >= 0.3 is 0 Å². The van der Waals surface area contributed by atoms with Gasteiger partial charge in [0.05, 0.1) is 35.9 Å². The fraction of sp³-hybridized carbons (Fsp3) is 0.391. The van der Waals surface area contributed by atoms with Crippen LogP contribution in [0.3, 0.4) is 0 Å². The van der Waals surface area contributed by atoms with E-state index in [1.165, 1.54) is 18.9 Å². The lowest BCUT2D eigenvalue weighted by Gasteiger charge is -2.35. The number of allylic oxidation sites excluding steroid dienone is 3. The smallest absolute Gasteiger partial charge is 0.130 e. The molecular weight excluding hydrogens is 353 g/mol. The fourth-order valence-electron chi connectivity index (χ4n) is 5.12. The van der Waals surface area contributed by atoms with E-state index in [1.807, 2.05) is 16.7 Å². The summed E-state index contributed by atoms with van der Waals surface area (Å²) in [6.45, 7) is 2.19. The molecule has 1 fully saturated rings. The van der Waals surface area contributed by atoms with Crippen molar-refractivity contribution in [3.05, 3.63) is 77.2 Å². The van der Waals surface area contributed by atoms with Gasteiger partial charge in [0.15, 0.2) is 0 Å². The van der Waals surface area contributed by atoms with E-state index >= 15 is 0 Å². The summed E-state index contributed by atoms with van der Waals surface area (Å²) >= 11 is 0. The van der Waals surface area contributed by atoms with Crippen molar-refractivity contribution >= 4 is 0 Å². The molecule has 1 aliphatic heterocycles. The molecule has 1 N–H and O–H groups in total. The minimum Gasteiger partial charge on any atom is -0.379 e. The van der Waals surface area contributed by atoms with E-state index in [2.05, 4.69) is 24.1 Å². The second-order valence-electron chi connectivity index (χ2n) is 8.32. The van der Waals surface area contributed by atoms with Gasteiger partial charge in [0.1, 0.15) is 11.4 Å². The van der Waals surface area contributed by atoms with Crippen molar-refractivity contribution < 1.29 is 9.50 Å². The largest absolute Gasteiger partial charge is 0.379 e. The first-order chi connectivity index (χ1) is 13.5. The average molecular weight is 375 g/mol. The van der Waals surface area contributed by atoms with E-state index in [4.69, 9.17) is 5.26 Å². The van der Waals surface area contributed by atoms with Crippen molar-refractivity contribution in [2.45, 2.75) is 37.8 Å². The molecule has 1 aromatic heterocycles. The molecule has 0 saturated heterocycles. The molecule has 142 valence electrons. The Morgan fingerprint density at radius 1 is 1.36 bits per heavy atom. The summed E-state index contributed by atoms with van der Waals surface area (Å²) in [6.07, 6.45) is 12.6. The lowest BCUT2D eigenvalue weighted by molar-refractivity contribution is 0.0594. The topological polar surface area (TPSA) is 61.8 Å². The maximum atomic E-state index is 14.7. The zero-order chi connectivity index (χ0) is 19.5. The molecule has 2 aliphatic carbocycles. The van der Waals surface area contributed by atoms with Gasteiger partial charge in [0, 0.05) is 12.0 Å². The minimum atomic E-state index is -1.17. The van der Waals surface area contributed by atoms with Crippen molar-refractivity contribution in [3.8, 4) is 6.07 Å². The highest BCUT2D eigenvalue weighted by Gasteiger charge is 2.50. The number of imidazole rings is 1. The van der Waals surface area contributed by atoms with Crippen LogP contribution in [-0.2, 0) is 5.60 Å². The molecule has 0 bridgehead atoms. The molecule has 0 amide bonds. The number of benzene rings is 1. The second-order valence-corrected chi connectivity index (χ2v) is 8.32. The third-order valence-electron chi connectivity index (χ3n) is 6.72. The summed E-state index contributed by atoms with van der Waals surface area (Å²) in [5.41, 5.74) is 1.31. The number of fused-ring (bicyclic) bond motifs is 1. The van der Waals surface area contributed by atoms with Crippen molar-refractivity contribution in [1.82, 2.24) is 9.55 Å². The summed E-state index contributed by atoms with van der Waals surface area (Å²) in [5, 5.41) is 20.8. The van der Waals surface area contributed by atoms with Gasteiger partial charge in [-0.05, 0) is 48.3 Å². The molecule has 4 nitrogen and oxygen atoms in total. The molecule has 0 radical (unpaired) electrons. The van der Waals surface area contributed by atoms with Crippen LogP contribution in [-0.4, -0.2) is 14.7 Å². The second kappa shape index (κ2) is 6.15. The van der Waals surface area contributed by atoms with Gasteiger partial charge in [-0.3, -0.25) is 0 Å².